The zero-order valence-electron chi connectivity index (χ0n) is 5.83. The molecule has 0 fully saturated rings. The van der Waals surface area contributed by atoms with E-state index >= 15 is 0 Å². The Morgan fingerprint density at radius 3 is 2.90 bits per heavy atom. The SMILES string of the molecule is COC(=O)CNC(O)CN. The fourth-order valence-corrected chi connectivity index (χ4v) is 0.357. The molecule has 0 rings (SSSR count). The summed E-state index contributed by atoms with van der Waals surface area (Å²) in [6, 6.07) is 0. The second-order valence-corrected chi connectivity index (χ2v) is 1.71. The lowest BCUT2D eigenvalue weighted by atomic mass is 10.5. The van der Waals surface area contributed by atoms with Crippen LogP contribution in [0.5, 0.6) is 0 Å². The monoisotopic (exact) mass is 148 g/mol. The largest absolute Gasteiger partial charge is 0.468 e. The molecule has 0 amide bonds. The van der Waals surface area contributed by atoms with E-state index in [1.807, 2.05) is 0 Å². The van der Waals surface area contributed by atoms with E-state index in [4.69, 9.17) is 10.8 Å². The Labute approximate surface area is 59.2 Å². The molecule has 0 aliphatic carbocycles. The minimum atomic E-state index is -0.834. The van der Waals surface area contributed by atoms with Crippen molar-refractivity contribution in [3.05, 3.63) is 0 Å². The van der Waals surface area contributed by atoms with Crippen molar-refractivity contribution < 1.29 is 14.6 Å². The molecule has 5 nitrogen and oxygen atoms in total. The molecule has 10 heavy (non-hydrogen) atoms. The summed E-state index contributed by atoms with van der Waals surface area (Å²) in [5, 5.41) is 11.2. The highest BCUT2D eigenvalue weighted by molar-refractivity contribution is 5.71. The Balaban J connectivity index is 3.26. The molecule has 0 aromatic heterocycles. The smallest absolute Gasteiger partial charge is 0.319 e. The van der Waals surface area contributed by atoms with E-state index < -0.39 is 12.2 Å². The van der Waals surface area contributed by atoms with Gasteiger partial charge < -0.3 is 15.6 Å². The third kappa shape index (κ3) is 4.25. The first kappa shape index (κ1) is 9.35. The average molecular weight is 148 g/mol. The molecule has 0 aromatic rings. The van der Waals surface area contributed by atoms with Crippen LogP contribution in [-0.2, 0) is 9.53 Å². The molecule has 0 saturated carbocycles. The van der Waals surface area contributed by atoms with Gasteiger partial charge in [-0.2, -0.15) is 0 Å². The Morgan fingerprint density at radius 1 is 1.90 bits per heavy atom. The van der Waals surface area contributed by atoms with Crippen molar-refractivity contribution in [1.29, 1.82) is 0 Å². The molecule has 0 aliphatic heterocycles. The summed E-state index contributed by atoms with van der Waals surface area (Å²) in [6.07, 6.45) is -0.834. The number of hydrogen-bond donors (Lipinski definition) is 3. The number of methoxy groups -OCH3 is 1. The van der Waals surface area contributed by atoms with Gasteiger partial charge in [-0.15, -0.1) is 0 Å². The number of carbonyl (C=O) groups excluding carboxylic acids is 1. The van der Waals surface area contributed by atoms with Gasteiger partial charge in [0.15, 0.2) is 0 Å². The topological polar surface area (TPSA) is 84.6 Å². The van der Waals surface area contributed by atoms with Gasteiger partial charge in [0.1, 0.15) is 6.23 Å². The normalized spacial score (nSPS) is 12.7. The molecule has 5 heteroatoms. The van der Waals surface area contributed by atoms with Crippen LogP contribution in [0.4, 0.5) is 0 Å². The maximum Gasteiger partial charge on any atom is 0.319 e. The minimum Gasteiger partial charge on any atom is -0.468 e. The number of aliphatic hydroxyl groups excluding tert-OH is 1. The predicted octanol–water partition coefficient (Wildman–Crippen LogP) is -1.97. The number of carbonyl (C=O) groups is 1. The highest BCUT2D eigenvalue weighted by Gasteiger charge is 2.02. The number of ether oxygens (including phenoxy) is 1. The molecule has 1 atom stereocenters. The van der Waals surface area contributed by atoms with Gasteiger partial charge in [-0.05, 0) is 0 Å². The van der Waals surface area contributed by atoms with Gasteiger partial charge >= 0.3 is 5.97 Å². The van der Waals surface area contributed by atoms with Crippen LogP contribution in [0, 0.1) is 0 Å². The summed E-state index contributed by atoms with van der Waals surface area (Å²) in [5.41, 5.74) is 5.04. The second kappa shape index (κ2) is 5.16. The molecule has 0 bridgehead atoms. The molecular formula is C5H12N2O3. The number of esters is 1. The van der Waals surface area contributed by atoms with Gasteiger partial charge in [-0.1, -0.05) is 0 Å². The van der Waals surface area contributed by atoms with Crippen LogP contribution in [0.25, 0.3) is 0 Å². The highest BCUT2D eigenvalue weighted by atomic mass is 16.5. The number of rotatable bonds is 4. The van der Waals surface area contributed by atoms with Crippen LogP contribution in [-0.4, -0.2) is 37.5 Å². The average Bonchev–Trinajstić information content (AvgIpc) is 1.99. The van der Waals surface area contributed by atoms with Gasteiger partial charge in [0.2, 0.25) is 0 Å². The van der Waals surface area contributed by atoms with E-state index in [-0.39, 0.29) is 13.1 Å². The molecule has 0 saturated heterocycles. The third-order valence-corrected chi connectivity index (χ3v) is 0.933. The predicted molar refractivity (Wildman–Crippen MR) is 35.1 cm³/mol. The molecule has 1 unspecified atom stereocenters. The van der Waals surface area contributed by atoms with Crippen molar-refractivity contribution in [3.63, 3.8) is 0 Å². The lowest BCUT2D eigenvalue weighted by molar-refractivity contribution is -0.140. The summed E-state index contributed by atoms with van der Waals surface area (Å²) >= 11 is 0. The summed E-state index contributed by atoms with van der Waals surface area (Å²) in [7, 11) is 1.28. The number of nitrogens with one attached hydrogen (secondary N) is 1. The Morgan fingerprint density at radius 2 is 2.50 bits per heavy atom. The summed E-state index contributed by atoms with van der Waals surface area (Å²) < 4.78 is 4.29. The van der Waals surface area contributed by atoms with E-state index in [2.05, 4.69) is 10.1 Å². The zero-order valence-corrected chi connectivity index (χ0v) is 5.83. The molecule has 0 aliphatic rings. The fraction of sp³-hybridized carbons (Fsp3) is 0.800. The van der Waals surface area contributed by atoms with Gasteiger partial charge in [0.05, 0.1) is 13.7 Å². The molecule has 4 N–H and O–H groups in total. The van der Waals surface area contributed by atoms with Crippen LogP contribution < -0.4 is 11.1 Å². The van der Waals surface area contributed by atoms with E-state index in [1.165, 1.54) is 7.11 Å². The van der Waals surface area contributed by atoms with Gasteiger partial charge in [0, 0.05) is 6.54 Å². The lowest BCUT2D eigenvalue weighted by Crippen LogP contribution is -2.39. The Bertz CT molecular complexity index is 107. The maximum atomic E-state index is 10.4. The standard InChI is InChI=1S/C5H12N2O3/c1-10-5(9)3-7-4(8)2-6/h4,7-8H,2-3,6H2,1H3. The first-order chi connectivity index (χ1) is 4.70. The molecule has 0 spiro atoms. The van der Waals surface area contributed by atoms with Gasteiger partial charge in [-0.25, -0.2) is 0 Å². The quantitative estimate of drug-likeness (QED) is 0.318. The zero-order chi connectivity index (χ0) is 7.98. The summed E-state index contributed by atoms with van der Waals surface area (Å²) in [4.78, 5) is 10.4. The highest BCUT2D eigenvalue weighted by Crippen LogP contribution is 1.73. The van der Waals surface area contributed by atoms with Crippen LogP contribution in [0.3, 0.4) is 0 Å². The summed E-state index contributed by atoms with van der Waals surface area (Å²) in [6.45, 7) is 0.0614. The molecule has 60 valence electrons. The van der Waals surface area contributed by atoms with Gasteiger partial charge in [0.25, 0.3) is 0 Å². The van der Waals surface area contributed by atoms with E-state index in [1.54, 1.807) is 0 Å². The van der Waals surface area contributed by atoms with E-state index in [0.717, 1.165) is 0 Å². The molecule has 0 radical (unpaired) electrons. The van der Waals surface area contributed by atoms with Crippen LogP contribution >= 0.6 is 0 Å². The van der Waals surface area contributed by atoms with Crippen molar-refractivity contribution in [2.75, 3.05) is 20.2 Å². The lowest BCUT2D eigenvalue weighted by Gasteiger charge is -2.07. The first-order valence-corrected chi connectivity index (χ1v) is 2.89. The molecule has 0 heterocycles. The van der Waals surface area contributed by atoms with Crippen molar-refractivity contribution >= 4 is 5.97 Å². The minimum absolute atomic E-state index is 0.0190. The Kier molecular flexibility index (Phi) is 4.82. The fourth-order valence-electron chi connectivity index (χ4n) is 0.357. The van der Waals surface area contributed by atoms with E-state index in [9.17, 15) is 4.79 Å². The van der Waals surface area contributed by atoms with Crippen LogP contribution in [0.15, 0.2) is 0 Å². The van der Waals surface area contributed by atoms with Crippen molar-refractivity contribution in [2.45, 2.75) is 6.23 Å². The summed E-state index contributed by atoms with van der Waals surface area (Å²) in [5.74, 6) is -0.424. The van der Waals surface area contributed by atoms with Crippen molar-refractivity contribution in [3.8, 4) is 0 Å². The van der Waals surface area contributed by atoms with Gasteiger partial charge in [-0.3, -0.25) is 10.1 Å². The molecular weight excluding hydrogens is 136 g/mol. The van der Waals surface area contributed by atoms with Crippen LogP contribution in [0.2, 0.25) is 0 Å². The second-order valence-electron chi connectivity index (χ2n) is 1.71. The van der Waals surface area contributed by atoms with Crippen molar-refractivity contribution in [1.82, 2.24) is 5.32 Å². The third-order valence-electron chi connectivity index (χ3n) is 0.933. The molecule has 0 aromatic carbocycles. The number of hydrogen-bond acceptors (Lipinski definition) is 5. The number of nitrogens with two attached hydrogens (primary N) is 1. The number of aliphatic hydroxyl groups is 1. The Hall–Kier alpha value is -0.650. The van der Waals surface area contributed by atoms with E-state index in [0.29, 0.717) is 0 Å². The van der Waals surface area contributed by atoms with Crippen LogP contribution in [0.1, 0.15) is 0 Å². The maximum absolute atomic E-state index is 10.4. The first-order valence-electron chi connectivity index (χ1n) is 2.89. The van der Waals surface area contributed by atoms with Crippen molar-refractivity contribution in [2.24, 2.45) is 5.73 Å².